The lowest BCUT2D eigenvalue weighted by molar-refractivity contribution is 0.0589. The highest BCUT2D eigenvalue weighted by molar-refractivity contribution is 5.21. The predicted molar refractivity (Wildman–Crippen MR) is 75.6 cm³/mol. The lowest BCUT2D eigenvalue weighted by Crippen LogP contribution is -2.24. The van der Waals surface area contributed by atoms with Crippen LogP contribution >= 0.6 is 0 Å². The fourth-order valence-corrected chi connectivity index (χ4v) is 2.77. The van der Waals surface area contributed by atoms with Gasteiger partial charge in [0.1, 0.15) is 0 Å². The van der Waals surface area contributed by atoms with Crippen molar-refractivity contribution in [2.45, 2.75) is 32.6 Å². The zero-order chi connectivity index (χ0) is 12.8. The van der Waals surface area contributed by atoms with Crippen molar-refractivity contribution in [3.05, 3.63) is 35.4 Å². The van der Waals surface area contributed by atoms with Crippen molar-refractivity contribution in [1.82, 2.24) is 0 Å². The van der Waals surface area contributed by atoms with Gasteiger partial charge in [-0.15, -0.1) is 0 Å². The molecule has 1 aliphatic rings. The molecule has 2 heteroatoms. The van der Waals surface area contributed by atoms with Crippen molar-refractivity contribution in [2.75, 3.05) is 19.8 Å². The van der Waals surface area contributed by atoms with E-state index in [0.717, 1.165) is 32.1 Å². The van der Waals surface area contributed by atoms with Crippen LogP contribution in [0.15, 0.2) is 24.3 Å². The van der Waals surface area contributed by atoms with Crippen molar-refractivity contribution < 1.29 is 4.74 Å². The van der Waals surface area contributed by atoms with Gasteiger partial charge in [0.25, 0.3) is 0 Å². The Bertz CT molecular complexity index is 341. The lowest BCUT2D eigenvalue weighted by Gasteiger charge is -2.26. The van der Waals surface area contributed by atoms with Gasteiger partial charge in [0.15, 0.2) is 0 Å². The van der Waals surface area contributed by atoms with E-state index in [4.69, 9.17) is 10.5 Å². The molecule has 2 nitrogen and oxygen atoms in total. The van der Waals surface area contributed by atoms with Gasteiger partial charge in [-0.1, -0.05) is 29.8 Å². The van der Waals surface area contributed by atoms with E-state index in [1.54, 1.807) is 0 Å². The topological polar surface area (TPSA) is 35.2 Å². The van der Waals surface area contributed by atoms with Crippen LogP contribution in [-0.2, 0) is 11.2 Å². The van der Waals surface area contributed by atoms with Gasteiger partial charge in [-0.2, -0.15) is 0 Å². The quantitative estimate of drug-likeness (QED) is 0.868. The Kier molecular flexibility index (Phi) is 5.21. The third-order valence-electron chi connectivity index (χ3n) is 3.99. The standard InChI is InChI=1S/C16H25NO/c1-13-2-4-14(5-3-13)10-16(12-17)11-15-6-8-18-9-7-15/h2-5,15-16H,6-12,17H2,1H3. The molecule has 1 fully saturated rings. The number of aryl methyl sites for hydroxylation is 1. The number of rotatable bonds is 5. The van der Waals surface area contributed by atoms with Crippen LogP contribution in [-0.4, -0.2) is 19.8 Å². The maximum absolute atomic E-state index is 5.94. The Balaban J connectivity index is 1.86. The number of benzene rings is 1. The number of nitrogens with two attached hydrogens (primary N) is 1. The van der Waals surface area contributed by atoms with Crippen LogP contribution in [0.25, 0.3) is 0 Å². The molecule has 1 unspecified atom stereocenters. The summed E-state index contributed by atoms with van der Waals surface area (Å²) in [5.41, 5.74) is 8.68. The highest BCUT2D eigenvalue weighted by atomic mass is 16.5. The van der Waals surface area contributed by atoms with Gasteiger partial charge in [-0.3, -0.25) is 0 Å². The first-order chi connectivity index (χ1) is 8.78. The van der Waals surface area contributed by atoms with Crippen LogP contribution in [0.1, 0.15) is 30.4 Å². The van der Waals surface area contributed by atoms with Crippen LogP contribution in [0.4, 0.5) is 0 Å². The minimum Gasteiger partial charge on any atom is -0.381 e. The summed E-state index contributed by atoms with van der Waals surface area (Å²) in [5.74, 6) is 1.44. The Morgan fingerprint density at radius 3 is 2.50 bits per heavy atom. The second kappa shape index (κ2) is 6.91. The molecular formula is C16H25NO. The second-order valence-corrected chi connectivity index (χ2v) is 5.58. The van der Waals surface area contributed by atoms with E-state index in [0.29, 0.717) is 5.92 Å². The van der Waals surface area contributed by atoms with Crippen molar-refractivity contribution in [3.8, 4) is 0 Å². The normalized spacial score (nSPS) is 18.8. The summed E-state index contributed by atoms with van der Waals surface area (Å²) in [6.45, 7) is 4.80. The van der Waals surface area contributed by atoms with Gasteiger partial charge in [0.2, 0.25) is 0 Å². The van der Waals surface area contributed by atoms with Crippen LogP contribution in [0.5, 0.6) is 0 Å². The smallest absolute Gasteiger partial charge is 0.0468 e. The summed E-state index contributed by atoms with van der Waals surface area (Å²) in [6.07, 6.45) is 4.80. The minimum absolute atomic E-state index is 0.621. The van der Waals surface area contributed by atoms with Crippen molar-refractivity contribution in [1.29, 1.82) is 0 Å². The molecule has 1 aromatic carbocycles. The molecule has 0 bridgehead atoms. The highest BCUT2D eigenvalue weighted by Gasteiger charge is 2.18. The molecule has 0 radical (unpaired) electrons. The molecular weight excluding hydrogens is 222 g/mol. The van der Waals surface area contributed by atoms with E-state index in [9.17, 15) is 0 Å². The third kappa shape index (κ3) is 4.11. The van der Waals surface area contributed by atoms with E-state index in [2.05, 4.69) is 31.2 Å². The molecule has 100 valence electrons. The molecule has 0 aliphatic carbocycles. The van der Waals surface area contributed by atoms with Gasteiger partial charge in [-0.05, 0) is 56.6 Å². The maximum atomic E-state index is 5.94. The SMILES string of the molecule is Cc1ccc(CC(CN)CC2CCOCC2)cc1. The summed E-state index contributed by atoms with van der Waals surface area (Å²) in [4.78, 5) is 0. The molecule has 0 spiro atoms. The molecule has 0 aromatic heterocycles. The second-order valence-electron chi connectivity index (χ2n) is 5.58. The van der Waals surface area contributed by atoms with E-state index >= 15 is 0 Å². The Hall–Kier alpha value is -0.860. The molecule has 1 heterocycles. The average molecular weight is 247 g/mol. The molecule has 1 aromatic rings. The number of ether oxygens (including phenoxy) is 1. The van der Waals surface area contributed by atoms with Crippen molar-refractivity contribution in [2.24, 2.45) is 17.6 Å². The monoisotopic (exact) mass is 247 g/mol. The zero-order valence-corrected chi connectivity index (χ0v) is 11.4. The predicted octanol–water partition coefficient (Wildman–Crippen LogP) is 2.93. The Labute approximate surface area is 111 Å². The zero-order valence-electron chi connectivity index (χ0n) is 11.4. The summed E-state index contributed by atoms with van der Waals surface area (Å²) in [6, 6.07) is 8.86. The number of hydrogen-bond acceptors (Lipinski definition) is 2. The van der Waals surface area contributed by atoms with E-state index in [1.165, 1.54) is 30.4 Å². The summed E-state index contributed by atoms with van der Waals surface area (Å²) in [7, 11) is 0. The highest BCUT2D eigenvalue weighted by Crippen LogP contribution is 2.24. The summed E-state index contributed by atoms with van der Waals surface area (Å²) >= 11 is 0. The van der Waals surface area contributed by atoms with Crippen LogP contribution in [0, 0.1) is 18.8 Å². The van der Waals surface area contributed by atoms with E-state index in [1.807, 2.05) is 0 Å². The van der Waals surface area contributed by atoms with Gasteiger partial charge in [0, 0.05) is 13.2 Å². The minimum atomic E-state index is 0.621. The largest absolute Gasteiger partial charge is 0.381 e. The van der Waals surface area contributed by atoms with E-state index < -0.39 is 0 Å². The van der Waals surface area contributed by atoms with Gasteiger partial charge in [-0.25, -0.2) is 0 Å². The molecule has 18 heavy (non-hydrogen) atoms. The fraction of sp³-hybridized carbons (Fsp3) is 0.625. The Morgan fingerprint density at radius 2 is 1.89 bits per heavy atom. The average Bonchev–Trinajstić information content (AvgIpc) is 2.41. The third-order valence-corrected chi connectivity index (χ3v) is 3.99. The maximum Gasteiger partial charge on any atom is 0.0468 e. The van der Waals surface area contributed by atoms with Gasteiger partial charge < -0.3 is 10.5 Å². The van der Waals surface area contributed by atoms with Gasteiger partial charge in [0.05, 0.1) is 0 Å². The molecule has 1 atom stereocenters. The first-order valence-electron chi connectivity index (χ1n) is 7.11. The summed E-state index contributed by atoms with van der Waals surface area (Å²) in [5, 5.41) is 0. The van der Waals surface area contributed by atoms with Crippen molar-refractivity contribution >= 4 is 0 Å². The first-order valence-corrected chi connectivity index (χ1v) is 7.11. The van der Waals surface area contributed by atoms with Crippen LogP contribution in [0.2, 0.25) is 0 Å². The molecule has 0 amide bonds. The van der Waals surface area contributed by atoms with Crippen LogP contribution < -0.4 is 5.73 Å². The fourth-order valence-electron chi connectivity index (χ4n) is 2.77. The van der Waals surface area contributed by atoms with E-state index in [-0.39, 0.29) is 0 Å². The van der Waals surface area contributed by atoms with Crippen LogP contribution in [0.3, 0.4) is 0 Å². The summed E-state index contributed by atoms with van der Waals surface area (Å²) < 4.78 is 5.42. The molecule has 1 saturated heterocycles. The molecule has 2 N–H and O–H groups in total. The molecule has 0 saturated carbocycles. The first kappa shape index (κ1) is 13.6. The Morgan fingerprint density at radius 1 is 1.22 bits per heavy atom. The van der Waals surface area contributed by atoms with Gasteiger partial charge >= 0.3 is 0 Å². The number of hydrogen-bond donors (Lipinski definition) is 1. The molecule has 1 aliphatic heterocycles. The molecule has 2 rings (SSSR count). The lowest BCUT2D eigenvalue weighted by atomic mass is 9.85. The van der Waals surface area contributed by atoms with Crippen molar-refractivity contribution in [3.63, 3.8) is 0 Å².